The van der Waals surface area contributed by atoms with E-state index in [4.69, 9.17) is 14.0 Å². The van der Waals surface area contributed by atoms with Crippen LogP contribution in [-0.2, 0) is 24.2 Å². The molecule has 1 atom stereocenters. The largest absolute Gasteiger partial charge is 0.496 e. The number of nitrogens with zero attached hydrogens (tertiary/aromatic N) is 3. The molecule has 2 fully saturated rings. The maximum atomic E-state index is 5.65. The molecule has 2 aliphatic heterocycles. The molecular weight excluding hydrogens is 366 g/mol. The van der Waals surface area contributed by atoms with Crippen LogP contribution < -0.4 is 4.74 Å². The van der Waals surface area contributed by atoms with Crippen molar-refractivity contribution in [2.24, 2.45) is 0 Å². The third-order valence-electron chi connectivity index (χ3n) is 6.23. The molecule has 29 heavy (non-hydrogen) atoms. The van der Waals surface area contributed by atoms with Gasteiger partial charge in [-0.05, 0) is 44.0 Å². The number of aromatic nitrogens is 1. The Bertz CT molecular complexity index is 814. The molecule has 0 N–H and O–H groups in total. The zero-order valence-electron chi connectivity index (χ0n) is 17.9. The average Bonchev–Trinajstić information content (AvgIpc) is 3.34. The van der Waals surface area contributed by atoms with Crippen LogP contribution in [0.25, 0.3) is 0 Å². The molecule has 0 spiro atoms. The third-order valence-corrected chi connectivity index (χ3v) is 6.23. The second kappa shape index (κ2) is 9.28. The van der Waals surface area contributed by atoms with Gasteiger partial charge in [-0.1, -0.05) is 18.1 Å². The quantitative estimate of drug-likeness (QED) is 0.707. The lowest BCUT2D eigenvalue weighted by Gasteiger charge is -2.28. The number of likely N-dealkylation sites (tertiary alicyclic amines) is 1. The number of hydrogen-bond donors (Lipinski definition) is 0. The molecule has 1 aromatic carbocycles. The molecule has 3 heterocycles. The molecular formula is C23H33N3O3. The molecule has 0 amide bonds. The van der Waals surface area contributed by atoms with E-state index in [0.717, 1.165) is 69.6 Å². The summed E-state index contributed by atoms with van der Waals surface area (Å²) in [4.78, 5) is 5.02. The minimum atomic E-state index is 0.404. The van der Waals surface area contributed by atoms with E-state index in [0.29, 0.717) is 6.04 Å². The van der Waals surface area contributed by atoms with E-state index in [9.17, 15) is 0 Å². The third kappa shape index (κ3) is 4.49. The second-order valence-corrected chi connectivity index (χ2v) is 8.12. The first-order valence-corrected chi connectivity index (χ1v) is 10.8. The van der Waals surface area contributed by atoms with Gasteiger partial charge in [-0.25, -0.2) is 0 Å². The van der Waals surface area contributed by atoms with Crippen LogP contribution in [0.4, 0.5) is 0 Å². The van der Waals surface area contributed by atoms with Crippen LogP contribution in [0.15, 0.2) is 22.7 Å². The van der Waals surface area contributed by atoms with Crippen LogP contribution in [0.2, 0.25) is 0 Å². The van der Waals surface area contributed by atoms with Gasteiger partial charge in [-0.15, -0.1) is 0 Å². The van der Waals surface area contributed by atoms with Gasteiger partial charge in [0.25, 0.3) is 0 Å². The van der Waals surface area contributed by atoms with Crippen molar-refractivity contribution in [3.05, 3.63) is 46.3 Å². The summed E-state index contributed by atoms with van der Waals surface area (Å²) in [6.07, 6.45) is 3.29. The van der Waals surface area contributed by atoms with Gasteiger partial charge in [0.15, 0.2) is 0 Å². The first-order valence-electron chi connectivity index (χ1n) is 10.8. The van der Waals surface area contributed by atoms with Crippen LogP contribution in [-0.4, -0.2) is 54.9 Å². The minimum Gasteiger partial charge on any atom is -0.496 e. The normalized spacial score (nSPS) is 21.0. The van der Waals surface area contributed by atoms with E-state index in [1.807, 2.05) is 0 Å². The van der Waals surface area contributed by atoms with Crippen LogP contribution in [0, 0.1) is 6.92 Å². The summed E-state index contributed by atoms with van der Waals surface area (Å²) in [7, 11) is 1.76. The standard InChI is InChI=1S/C23H33N3O3/c1-4-21-23(17(2)24-29-21)20-6-5-9-26(20)15-18-7-8-22(27-3)19(14-18)16-25-10-12-28-13-11-25/h7-8,14,20H,4-6,9-13,15-16H2,1-3H3/t20-/m0/s1. The van der Waals surface area contributed by atoms with E-state index < -0.39 is 0 Å². The van der Waals surface area contributed by atoms with E-state index in [1.165, 1.54) is 29.5 Å². The smallest absolute Gasteiger partial charge is 0.141 e. The van der Waals surface area contributed by atoms with Gasteiger partial charge in [-0.3, -0.25) is 9.80 Å². The number of morpholine rings is 1. The Morgan fingerprint density at radius 3 is 2.76 bits per heavy atom. The fourth-order valence-electron chi connectivity index (χ4n) is 4.74. The van der Waals surface area contributed by atoms with Crippen LogP contribution in [0.1, 0.15) is 54.0 Å². The minimum absolute atomic E-state index is 0.404. The van der Waals surface area contributed by atoms with Crippen molar-refractivity contribution in [3.63, 3.8) is 0 Å². The maximum Gasteiger partial charge on any atom is 0.141 e. The van der Waals surface area contributed by atoms with Crippen molar-refractivity contribution in [2.75, 3.05) is 40.0 Å². The predicted octanol–water partition coefficient (Wildman–Crippen LogP) is 3.72. The first-order chi connectivity index (χ1) is 14.2. The lowest BCUT2D eigenvalue weighted by Crippen LogP contribution is -2.35. The van der Waals surface area contributed by atoms with Gasteiger partial charge in [-0.2, -0.15) is 0 Å². The zero-order chi connectivity index (χ0) is 20.2. The van der Waals surface area contributed by atoms with Gasteiger partial charge in [0.05, 0.1) is 26.0 Å². The highest BCUT2D eigenvalue weighted by Gasteiger charge is 2.31. The molecule has 0 radical (unpaired) electrons. The number of rotatable bonds is 7. The fourth-order valence-corrected chi connectivity index (χ4v) is 4.74. The summed E-state index contributed by atoms with van der Waals surface area (Å²) in [5.74, 6) is 2.02. The maximum absolute atomic E-state index is 5.65. The van der Waals surface area contributed by atoms with Gasteiger partial charge >= 0.3 is 0 Å². The highest BCUT2D eigenvalue weighted by Crippen LogP contribution is 2.37. The van der Waals surface area contributed by atoms with E-state index >= 15 is 0 Å². The van der Waals surface area contributed by atoms with Crippen molar-refractivity contribution in [2.45, 2.75) is 52.2 Å². The van der Waals surface area contributed by atoms with Crippen molar-refractivity contribution >= 4 is 0 Å². The molecule has 0 aliphatic carbocycles. The van der Waals surface area contributed by atoms with Gasteiger partial charge in [0.2, 0.25) is 0 Å². The van der Waals surface area contributed by atoms with Crippen LogP contribution in [0.3, 0.4) is 0 Å². The Hall–Kier alpha value is -1.89. The number of benzene rings is 1. The van der Waals surface area contributed by atoms with Crippen molar-refractivity contribution in [1.29, 1.82) is 0 Å². The molecule has 6 nitrogen and oxygen atoms in total. The van der Waals surface area contributed by atoms with Crippen molar-refractivity contribution < 1.29 is 14.0 Å². The lowest BCUT2D eigenvalue weighted by molar-refractivity contribution is 0.0338. The van der Waals surface area contributed by atoms with E-state index in [1.54, 1.807) is 7.11 Å². The van der Waals surface area contributed by atoms with Gasteiger partial charge in [0, 0.05) is 49.8 Å². The Kier molecular flexibility index (Phi) is 6.53. The van der Waals surface area contributed by atoms with Gasteiger partial charge in [0.1, 0.15) is 11.5 Å². The van der Waals surface area contributed by atoms with E-state index in [-0.39, 0.29) is 0 Å². The molecule has 0 unspecified atom stereocenters. The SMILES string of the molecule is CCc1onc(C)c1[C@@H]1CCCN1Cc1ccc(OC)c(CN2CCOCC2)c1. The number of methoxy groups -OCH3 is 1. The van der Waals surface area contributed by atoms with Crippen LogP contribution >= 0.6 is 0 Å². The topological polar surface area (TPSA) is 51.0 Å². The summed E-state index contributed by atoms with van der Waals surface area (Å²) in [6, 6.07) is 7.06. The second-order valence-electron chi connectivity index (χ2n) is 8.12. The predicted molar refractivity (Wildman–Crippen MR) is 112 cm³/mol. The molecule has 2 aliphatic rings. The fraction of sp³-hybridized carbons (Fsp3) is 0.609. The number of aryl methyl sites for hydroxylation is 2. The highest BCUT2D eigenvalue weighted by atomic mass is 16.5. The monoisotopic (exact) mass is 399 g/mol. The molecule has 6 heteroatoms. The highest BCUT2D eigenvalue weighted by molar-refractivity contribution is 5.37. The summed E-state index contributed by atoms with van der Waals surface area (Å²) >= 11 is 0. The van der Waals surface area contributed by atoms with Crippen LogP contribution in [0.5, 0.6) is 5.75 Å². The van der Waals surface area contributed by atoms with E-state index in [2.05, 4.69) is 47.0 Å². The Balaban J connectivity index is 1.52. The number of hydrogen-bond acceptors (Lipinski definition) is 6. The summed E-state index contributed by atoms with van der Waals surface area (Å²) in [6.45, 7) is 10.8. The average molecular weight is 400 g/mol. The molecule has 2 saturated heterocycles. The Morgan fingerprint density at radius 1 is 1.17 bits per heavy atom. The van der Waals surface area contributed by atoms with Crippen molar-refractivity contribution in [3.8, 4) is 5.75 Å². The molecule has 2 aromatic rings. The molecule has 0 bridgehead atoms. The molecule has 1 aromatic heterocycles. The summed E-state index contributed by atoms with van der Waals surface area (Å²) in [5.41, 5.74) is 4.96. The molecule has 4 rings (SSSR count). The first kappa shape index (κ1) is 20.4. The summed E-state index contributed by atoms with van der Waals surface area (Å²) < 4.78 is 16.7. The zero-order valence-corrected chi connectivity index (χ0v) is 17.9. The Labute approximate surface area is 173 Å². The molecule has 0 saturated carbocycles. The van der Waals surface area contributed by atoms with Crippen molar-refractivity contribution in [1.82, 2.24) is 15.0 Å². The Morgan fingerprint density at radius 2 is 2.00 bits per heavy atom. The summed E-state index contributed by atoms with van der Waals surface area (Å²) in [5, 5.41) is 4.24. The number of ether oxygens (including phenoxy) is 2. The lowest BCUT2D eigenvalue weighted by atomic mass is 10.0. The molecule has 158 valence electrons. The van der Waals surface area contributed by atoms with Gasteiger partial charge < -0.3 is 14.0 Å².